The number of pyridine rings is 1. The van der Waals surface area contributed by atoms with Gasteiger partial charge in [-0.05, 0) is 43.5 Å². The van der Waals surface area contributed by atoms with Gasteiger partial charge in [-0.3, -0.25) is 4.79 Å². The molecule has 1 aliphatic heterocycles. The number of cyclic esters (lactones) is 1. The van der Waals surface area contributed by atoms with Crippen molar-refractivity contribution in [3.63, 3.8) is 0 Å². The van der Waals surface area contributed by atoms with Crippen LogP contribution in [0.5, 0.6) is 0 Å². The van der Waals surface area contributed by atoms with Crippen LogP contribution in [0.15, 0.2) is 83.8 Å². The monoisotopic (exact) mass is 494 g/mol. The van der Waals surface area contributed by atoms with E-state index in [1.165, 1.54) is 10.6 Å². The predicted octanol–water partition coefficient (Wildman–Crippen LogP) is 5.60. The van der Waals surface area contributed by atoms with E-state index in [1.54, 1.807) is 31.0 Å². The molecule has 0 spiro atoms. The number of hydrogen-bond acceptors (Lipinski definition) is 4. The fourth-order valence-corrected chi connectivity index (χ4v) is 4.18. The summed E-state index contributed by atoms with van der Waals surface area (Å²) in [5.74, 6) is 0. The minimum Gasteiger partial charge on any atom is -0.446 e. The van der Waals surface area contributed by atoms with Gasteiger partial charge >= 0.3 is 6.09 Å². The second kappa shape index (κ2) is 12.5. The number of amides is 1. The zero-order chi connectivity index (χ0) is 26.1. The lowest BCUT2D eigenvalue weighted by Gasteiger charge is -2.37. The number of hydrogen-bond donors (Lipinski definition) is 1. The first-order valence-corrected chi connectivity index (χ1v) is 12.2. The molecule has 2 aromatic carbocycles. The van der Waals surface area contributed by atoms with Gasteiger partial charge in [0.2, 0.25) is 0 Å². The zero-order valence-electron chi connectivity index (χ0n) is 21.1. The zero-order valence-corrected chi connectivity index (χ0v) is 21.1. The Morgan fingerprint density at radius 3 is 2.11 bits per heavy atom. The molecule has 6 nitrogen and oxygen atoms in total. The number of alkyl halides is 1. The molecule has 1 fully saturated rings. The SMILES string of the molecule is CC(c1ccc(-c2ccc(=O)n(CCF)c2)cc1)N1CCC(CC(C)(C)O)OC1=O.c1ccccc1. The smallest absolute Gasteiger partial charge is 0.410 e. The molecule has 1 saturated heterocycles. The van der Waals surface area contributed by atoms with Crippen LogP contribution in [0.1, 0.15) is 45.2 Å². The van der Waals surface area contributed by atoms with Crippen LogP contribution in [0.3, 0.4) is 0 Å². The maximum absolute atomic E-state index is 12.6. The average Bonchev–Trinajstić information content (AvgIpc) is 2.86. The van der Waals surface area contributed by atoms with Crippen LogP contribution in [0, 0.1) is 0 Å². The predicted molar refractivity (Wildman–Crippen MR) is 139 cm³/mol. The van der Waals surface area contributed by atoms with E-state index in [0.717, 1.165) is 16.7 Å². The molecule has 36 heavy (non-hydrogen) atoms. The molecule has 2 unspecified atom stereocenters. The van der Waals surface area contributed by atoms with Gasteiger partial charge in [0, 0.05) is 31.6 Å². The van der Waals surface area contributed by atoms with E-state index in [4.69, 9.17) is 4.74 Å². The number of benzene rings is 2. The summed E-state index contributed by atoms with van der Waals surface area (Å²) in [5, 5.41) is 9.95. The summed E-state index contributed by atoms with van der Waals surface area (Å²) < 4.78 is 19.5. The number of aryl methyl sites for hydroxylation is 1. The Balaban J connectivity index is 0.000000526. The van der Waals surface area contributed by atoms with Gasteiger partial charge in [0.05, 0.1) is 18.2 Å². The summed E-state index contributed by atoms with van der Waals surface area (Å²) in [6.45, 7) is 5.38. The Morgan fingerprint density at radius 2 is 1.58 bits per heavy atom. The molecule has 4 rings (SSSR count). The highest BCUT2D eigenvalue weighted by Crippen LogP contribution is 2.29. The first-order valence-electron chi connectivity index (χ1n) is 12.2. The Hall–Kier alpha value is -3.45. The van der Waals surface area contributed by atoms with Crippen LogP contribution in [-0.4, -0.2) is 45.6 Å². The van der Waals surface area contributed by atoms with Gasteiger partial charge in [-0.2, -0.15) is 0 Å². The number of ether oxygens (including phenoxy) is 1. The van der Waals surface area contributed by atoms with Gasteiger partial charge in [-0.1, -0.05) is 60.7 Å². The lowest BCUT2D eigenvalue weighted by atomic mass is 9.97. The maximum atomic E-state index is 12.6. The highest BCUT2D eigenvalue weighted by Gasteiger charge is 2.33. The van der Waals surface area contributed by atoms with Gasteiger partial charge in [0.1, 0.15) is 12.8 Å². The lowest BCUT2D eigenvalue weighted by Crippen LogP contribution is -2.45. The van der Waals surface area contributed by atoms with Crippen LogP contribution < -0.4 is 5.56 Å². The molecule has 7 heteroatoms. The number of aliphatic hydroxyl groups is 1. The van der Waals surface area contributed by atoms with E-state index in [0.29, 0.717) is 19.4 Å². The highest BCUT2D eigenvalue weighted by atomic mass is 19.1. The Bertz CT molecular complexity index is 1130. The second-order valence-electron chi connectivity index (χ2n) is 9.60. The van der Waals surface area contributed by atoms with Crippen molar-refractivity contribution >= 4 is 6.09 Å². The van der Waals surface area contributed by atoms with Crippen LogP contribution >= 0.6 is 0 Å². The second-order valence-corrected chi connectivity index (χ2v) is 9.60. The van der Waals surface area contributed by atoms with E-state index in [1.807, 2.05) is 67.6 Å². The molecule has 3 aromatic rings. The third-order valence-corrected chi connectivity index (χ3v) is 6.09. The van der Waals surface area contributed by atoms with Crippen molar-refractivity contribution in [2.24, 2.45) is 0 Å². The number of nitrogens with zero attached hydrogens (tertiary/aromatic N) is 2. The van der Waals surface area contributed by atoms with Gasteiger partial charge in [0.25, 0.3) is 5.56 Å². The topological polar surface area (TPSA) is 71.8 Å². The fraction of sp³-hybridized carbons (Fsp3) is 0.379. The third kappa shape index (κ3) is 7.78. The number of carbonyl (C=O) groups is 1. The minimum atomic E-state index is -0.874. The first kappa shape index (κ1) is 27.1. The van der Waals surface area contributed by atoms with Crippen molar-refractivity contribution in [2.45, 2.75) is 57.9 Å². The maximum Gasteiger partial charge on any atom is 0.410 e. The van der Waals surface area contributed by atoms with Gasteiger partial charge < -0.3 is 19.3 Å². The summed E-state index contributed by atoms with van der Waals surface area (Å²) in [6, 6.07) is 22.8. The van der Waals surface area contributed by atoms with Gasteiger partial charge in [-0.15, -0.1) is 0 Å². The normalized spacial score (nSPS) is 16.5. The number of aromatic nitrogens is 1. The Labute approximate surface area is 212 Å². The van der Waals surface area contributed by atoms with E-state index in [-0.39, 0.29) is 30.3 Å². The highest BCUT2D eigenvalue weighted by molar-refractivity contribution is 5.69. The molecule has 2 atom stereocenters. The quantitative estimate of drug-likeness (QED) is 0.464. The average molecular weight is 495 g/mol. The van der Waals surface area contributed by atoms with Crippen molar-refractivity contribution in [3.8, 4) is 11.1 Å². The third-order valence-electron chi connectivity index (χ3n) is 6.09. The molecule has 1 aliphatic rings. The summed E-state index contributed by atoms with van der Waals surface area (Å²) >= 11 is 0. The van der Waals surface area contributed by atoms with Gasteiger partial charge in [-0.25, -0.2) is 9.18 Å². The number of carbonyl (C=O) groups excluding carboxylic acids is 1. The molecule has 1 amide bonds. The van der Waals surface area contributed by atoms with Crippen molar-refractivity contribution in [2.75, 3.05) is 13.2 Å². The molecule has 192 valence electrons. The summed E-state index contributed by atoms with van der Waals surface area (Å²) in [5.41, 5.74) is 1.60. The summed E-state index contributed by atoms with van der Waals surface area (Å²) in [7, 11) is 0. The lowest BCUT2D eigenvalue weighted by molar-refractivity contribution is -0.0309. The standard InChI is InChI=1S/C23H29FN2O4.C6H6/c1-16(26-12-10-20(30-22(26)28)14-23(2,3)29)17-4-6-18(7-5-17)19-8-9-21(27)25(15-19)13-11-24;1-2-4-6-5-3-1/h4-9,15-16,20,29H,10-14H2,1-3H3;1-6H. The molecule has 0 saturated carbocycles. The van der Waals surface area contributed by atoms with Crippen molar-refractivity contribution < 1.29 is 19.0 Å². The van der Waals surface area contributed by atoms with E-state index < -0.39 is 12.3 Å². The van der Waals surface area contributed by atoms with Crippen LogP contribution in [0.4, 0.5) is 9.18 Å². The van der Waals surface area contributed by atoms with Crippen LogP contribution in [0.25, 0.3) is 11.1 Å². The molecular weight excluding hydrogens is 459 g/mol. The summed E-state index contributed by atoms with van der Waals surface area (Å²) in [4.78, 5) is 26.0. The van der Waals surface area contributed by atoms with E-state index in [2.05, 4.69) is 0 Å². The summed E-state index contributed by atoms with van der Waals surface area (Å²) in [6.07, 6.45) is 2.10. The largest absolute Gasteiger partial charge is 0.446 e. The molecule has 0 bridgehead atoms. The van der Waals surface area contributed by atoms with Crippen LogP contribution in [0.2, 0.25) is 0 Å². The van der Waals surface area contributed by atoms with Crippen molar-refractivity contribution in [3.05, 3.63) is 94.9 Å². The van der Waals surface area contributed by atoms with Crippen LogP contribution in [-0.2, 0) is 11.3 Å². The Kier molecular flexibility index (Phi) is 9.42. The first-order chi connectivity index (χ1) is 17.2. The number of rotatable bonds is 7. The molecule has 0 radical (unpaired) electrons. The van der Waals surface area contributed by atoms with E-state index >= 15 is 0 Å². The minimum absolute atomic E-state index is 0.0350. The molecular formula is C29H35FN2O4. The van der Waals surface area contributed by atoms with Crippen molar-refractivity contribution in [1.82, 2.24) is 9.47 Å². The Morgan fingerprint density at radius 1 is 1.00 bits per heavy atom. The number of halogens is 1. The van der Waals surface area contributed by atoms with E-state index in [9.17, 15) is 19.1 Å². The van der Waals surface area contributed by atoms with Gasteiger partial charge in [0.15, 0.2) is 0 Å². The molecule has 1 N–H and O–H groups in total. The fourth-order valence-electron chi connectivity index (χ4n) is 4.18. The molecule has 1 aromatic heterocycles. The molecule has 0 aliphatic carbocycles. The van der Waals surface area contributed by atoms with Crippen molar-refractivity contribution in [1.29, 1.82) is 0 Å². The molecule has 2 heterocycles.